The summed E-state index contributed by atoms with van der Waals surface area (Å²) in [6.07, 6.45) is -2.48. The van der Waals surface area contributed by atoms with E-state index in [1.54, 1.807) is 0 Å². The molecule has 1 aliphatic rings. The maximum atomic E-state index is 9.04. The number of aliphatic hydroxyl groups is 4. The molecule has 5 heteroatoms. The van der Waals surface area contributed by atoms with Gasteiger partial charge in [0, 0.05) is 6.08 Å². The van der Waals surface area contributed by atoms with Crippen LogP contribution in [0, 0.1) is 0 Å². The highest BCUT2D eigenvalue weighted by Crippen LogP contribution is 2.15. The van der Waals surface area contributed by atoms with Gasteiger partial charge in [0.2, 0.25) is 0 Å². The maximum absolute atomic E-state index is 9.04. The minimum absolute atomic E-state index is 0.372. The van der Waals surface area contributed by atoms with Gasteiger partial charge in [0.15, 0.2) is 6.29 Å². The van der Waals surface area contributed by atoms with Crippen LogP contribution in [0.2, 0.25) is 0 Å². The molecule has 1 aliphatic heterocycles. The molecule has 1 heterocycles. The fourth-order valence-electron chi connectivity index (χ4n) is 0.871. The zero-order chi connectivity index (χ0) is 8.43. The van der Waals surface area contributed by atoms with E-state index in [-0.39, 0.29) is 5.76 Å². The summed E-state index contributed by atoms with van der Waals surface area (Å²) in [6.45, 7) is -0.448. The second kappa shape index (κ2) is 3.19. The summed E-state index contributed by atoms with van der Waals surface area (Å²) >= 11 is 0. The first kappa shape index (κ1) is 8.48. The maximum Gasteiger partial charge on any atom is 0.178 e. The third-order valence-electron chi connectivity index (χ3n) is 1.46. The molecule has 5 nitrogen and oxygen atoms in total. The number of aliphatic hydroxyl groups excluding tert-OH is 4. The van der Waals surface area contributed by atoms with Gasteiger partial charge in [-0.3, -0.25) is 0 Å². The third kappa shape index (κ3) is 1.69. The van der Waals surface area contributed by atoms with Crippen molar-refractivity contribution in [3.63, 3.8) is 0 Å². The lowest BCUT2D eigenvalue weighted by Gasteiger charge is -2.27. The van der Waals surface area contributed by atoms with Gasteiger partial charge in [0.1, 0.15) is 18.0 Å². The molecule has 11 heavy (non-hydrogen) atoms. The van der Waals surface area contributed by atoms with Crippen molar-refractivity contribution < 1.29 is 25.2 Å². The molecule has 0 spiro atoms. The predicted octanol–water partition coefficient (Wildman–Crippen LogP) is -1.50. The fraction of sp³-hybridized carbons (Fsp3) is 0.667. The molecule has 0 aromatic rings. The largest absolute Gasteiger partial charge is 0.510 e. The monoisotopic (exact) mass is 162 g/mol. The smallest absolute Gasteiger partial charge is 0.178 e. The molecule has 0 fully saturated rings. The topological polar surface area (TPSA) is 90.2 Å². The van der Waals surface area contributed by atoms with Gasteiger partial charge in [-0.1, -0.05) is 0 Å². The highest BCUT2D eigenvalue weighted by atomic mass is 16.6. The fourth-order valence-corrected chi connectivity index (χ4v) is 0.871. The first-order valence-corrected chi connectivity index (χ1v) is 3.18. The molecule has 0 saturated carbocycles. The molecule has 3 atom stereocenters. The molecule has 0 aromatic heterocycles. The first-order chi connectivity index (χ1) is 5.15. The Bertz CT molecular complexity index is 166. The Morgan fingerprint density at radius 1 is 1.45 bits per heavy atom. The van der Waals surface area contributed by atoms with E-state index < -0.39 is 25.1 Å². The molecule has 0 bridgehead atoms. The van der Waals surface area contributed by atoms with Gasteiger partial charge < -0.3 is 25.2 Å². The standard InChI is InChI=1S/C6H10O5/c7-2-4-6(10)3(8)1-5(9)11-4/h1,4-10H,2H2. The zero-order valence-corrected chi connectivity index (χ0v) is 5.71. The van der Waals surface area contributed by atoms with Crippen LogP contribution in [0.3, 0.4) is 0 Å². The van der Waals surface area contributed by atoms with E-state index >= 15 is 0 Å². The van der Waals surface area contributed by atoms with Gasteiger partial charge in [-0.15, -0.1) is 0 Å². The molecule has 1 rings (SSSR count). The second-order valence-electron chi connectivity index (χ2n) is 2.28. The number of hydrogen-bond acceptors (Lipinski definition) is 5. The summed E-state index contributed by atoms with van der Waals surface area (Å²) < 4.78 is 4.64. The van der Waals surface area contributed by atoms with Crippen LogP contribution in [0.25, 0.3) is 0 Å². The van der Waals surface area contributed by atoms with Crippen LogP contribution >= 0.6 is 0 Å². The Kier molecular flexibility index (Phi) is 2.45. The molecule has 64 valence electrons. The predicted molar refractivity (Wildman–Crippen MR) is 34.7 cm³/mol. The highest BCUT2D eigenvalue weighted by molar-refractivity contribution is 5.06. The van der Waals surface area contributed by atoms with E-state index in [2.05, 4.69) is 4.74 Å². The Morgan fingerprint density at radius 3 is 2.64 bits per heavy atom. The van der Waals surface area contributed by atoms with E-state index in [0.29, 0.717) is 0 Å². The van der Waals surface area contributed by atoms with Gasteiger partial charge in [-0.25, -0.2) is 0 Å². The molecule has 0 aliphatic carbocycles. The van der Waals surface area contributed by atoms with E-state index in [4.69, 9.17) is 20.4 Å². The van der Waals surface area contributed by atoms with Crippen LogP contribution in [-0.4, -0.2) is 45.5 Å². The minimum atomic E-state index is -1.25. The lowest BCUT2D eigenvalue weighted by molar-refractivity contribution is -0.165. The zero-order valence-electron chi connectivity index (χ0n) is 5.71. The summed E-state index contributed by atoms with van der Waals surface area (Å²) in [6, 6.07) is 0. The van der Waals surface area contributed by atoms with Gasteiger partial charge >= 0.3 is 0 Å². The van der Waals surface area contributed by atoms with Crippen LogP contribution in [0.1, 0.15) is 0 Å². The van der Waals surface area contributed by atoms with Crippen molar-refractivity contribution in [2.75, 3.05) is 6.61 Å². The van der Waals surface area contributed by atoms with Crippen molar-refractivity contribution in [1.29, 1.82) is 0 Å². The molecular weight excluding hydrogens is 152 g/mol. The summed E-state index contributed by atoms with van der Waals surface area (Å²) in [4.78, 5) is 0. The van der Waals surface area contributed by atoms with E-state index in [9.17, 15) is 0 Å². The molecule has 0 amide bonds. The van der Waals surface area contributed by atoms with E-state index in [0.717, 1.165) is 6.08 Å². The summed E-state index contributed by atoms with van der Waals surface area (Å²) in [7, 11) is 0. The Balaban J connectivity index is 2.69. The Hall–Kier alpha value is -0.620. The second-order valence-corrected chi connectivity index (χ2v) is 2.28. The molecule has 3 unspecified atom stereocenters. The van der Waals surface area contributed by atoms with Gasteiger partial charge in [-0.05, 0) is 0 Å². The molecular formula is C6H10O5. The van der Waals surface area contributed by atoms with Crippen LogP contribution in [0.15, 0.2) is 11.8 Å². The van der Waals surface area contributed by atoms with Crippen molar-refractivity contribution >= 4 is 0 Å². The average molecular weight is 162 g/mol. The van der Waals surface area contributed by atoms with Crippen LogP contribution in [0.4, 0.5) is 0 Å². The molecule has 0 aromatic carbocycles. The molecule has 4 N–H and O–H groups in total. The van der Waals surface area contributed by atoms with Gasteiger partial charge in [0.25, 0.3) is 0 Å². The van der Waals surface area contributed by atoms with Crippen LogP contribution < -0.4 is 0 Å². The summed E-state index contributed by atoms with van der Waals surface area (Å²) in [5, 5.41) is 35.3. The van der Waals surface area contributed by atoms with Crippen molar-refractivity contribution in [1.82, 2.24) is 0 Å². The quantitative estimate of drug-likeness (QED) is 0.376. The van der Waals surface area contributed by atoms with Gasteiger partial charge in [-0.2, -0.15) is 0 Å². The highest BCUT2D eigenvalue weighted by Gasteiger charge is 2.29. The number of hydrogen-bond donors (Lipinski definition) is 4. The Labute approximate surface area is 63.2 Å². The van der Waals surface area contributed by atoms with Crippen molar-refractivity contribution in [2.24, 2.45) is 0 Å². The van der Waals surface area contributed by atoms with Crippen molar-refractivity contribution in [3.05, 3.63) is 11.8 Å². The average Bonchev–Trinajstić information content (AvgIpc) is 1.96. The lowest BCUT2D eigenvalue weighted by atomic mass is 10.1. The van der Waals surface area contributed by atoms with Crippen LogP contribution in [0.5, 0.6) is 0 Å². The molecule has 0 saturated heterocycles. The van der Waals surface area contributed by atoms with Crippen molar-refractivity contribution in [2.45, 2.75) is 18.5 Å². The van der Waals surface area contributed by atoms with Crippen molar-refractivity contribution in [3.8, 4) is 0 Å². The van der Waals surface area contributed by atoms with E-state index in [1.165, 1.54) is 0 Å². The van der Waals surface area contributed by atoms with Gasteiger partial charge in [0.05, 0.1) is 6.61 Å². The summed E-state index contributed by atoms with van der Waals surface area (Å²) in [5.41, 5.74) is 0. The third-order valence-corrected chi connectivity index (χ3v) is 1.46. The first-order valence-electron chi connectivity index (χ1n) is 3.18. The minimum Gasteiger partial charge on any atom is -0.510 e. The summed E-state index contributed by atoms with van der Waals surface area (Å²) in [5.74, 6) is -0.372. The van der Waals surface area contributed by atoms with Crippen LogP contribution in [-0.2, 0) is 4.74 Å². The van der Waals surface area contributed by atoms with E-state index in [1.807, 2.05) is 0 Å². The SMILES string of the molecule is OCC1OC(O)C=C(O)C1O. The number of ether oxygens (including phenoxy) is 1. The lowest BCUT2D eigenvalue weighted by Crippen LogP contribution is -2.40. The number of rotatable bonds is 1. The Morgan fingerprint density at radius 2 is 2.09 bits per heavy atom. The molecule has 0 radical (unpaired) electrons. The normalized spacial score (nSPS) is 38.5.